The maximum atomic E-state index is 13.6. The van der Waals surface area contributed by atoms with Gasteiger partial charge in [-0.15, -0.1) is 0 Å². The van der Waals surface area contributed by atoms with Crippen molar-refractivity contribution in [3.63, 3.8) is 0 Å². The lowest BCUT2D eigenvalue weighted by Crippen LogP contribution is -2.13. The van der Waals surface area contributed by atoms with E-state index in [0.717, 1.165) is 0 Å². The highest BCUT2D eigenvalue weighted by molar-refractivity contribution is 14.1. The second-order valence-electron chi connectivity index (χ2n) is 3.37. The van der Waals surface area contributed by atoms with E-state index in [4.69, 9.17) is 4.74 Å². The fraction of sp³-hybridized carbons (Fsp3) is 0.0909. The van der Waals surface area contributed by atoms with Crippen molar-refractivity contribution >= 4 is 34.1 Å². The van der Waals surface area contributed by atoms with Gasteiger partial charge in [0.1, 0.15) is 15.1 Å². The molecule has 0 fully saturated rings. The number of hydrogen-bond donors (Lipinski definition) is 2. The largest absolute Gasteiger partial charge is 0.497 e. The van der Waals surface area contributed by atoms with E-state index in [-0.39, 0.29) is 11.2 Å². The third-order valence-electron chi connectivity index (χ3n) is 2.22. The van der Waals surface area contributed by atoms with Crippen molar-refractivity contribution in [1.82, 2.24) is 9.97 Å². The Kier molecular flexibility index (Phi) is 3.80. The number of aromatic nitrogens is 2. The van der Waals surface area contributed by atoms with E-state index in [1.54, 1.807) is 0 Å². The van der Waals surface area contributed by atoms with Gasteiger partial charge < -0.3 is 15.0 Å². The van der Waals surface area contributed by atoms with Gasteiger partial charge in [-0.2, -0.15) is 0 Å². The zero-order valence-corrected chi connectivity index (χ0v) is 11.5. The molecule has 0 bridgehead atoms. The number of rotatable bonds is 3. The topological polar surface area (TPSA) is 67.0 Å². The lowest BCUT2D eigenvalue weighted by molar-refractivity contribution is 0.414. The molecule has 18 heavy (non-hydrogen) atoms. The second kappa shape index (κ2) is 5.34. The maximum Gasteiger partial charge on any atom is 0.266 e. The summed E-state index contributed by atoms with van der Waals surface area (Å²) in [6.45, 7) is 0. The molecule has 2 rings (SSSR count). The molecule has 0 radical (unpaired) electrons. The number of anilines is 2. The summed E-state index contributed by atoms with van der Waals surface area (Å²) in [4.78, 5) is 17.8. The van der Waals surface area contributed by atoms with E-state index in [0.29, 0.717) is 15.1 Å². The molecule has 0 saturated carbocycles. The van der Waals surface area contributed by atoms with Gasteiger partial charge in [0.05, 0.1) is 19.1 Å². The Morgan fingerprint density at radius 1 is 1.50 bits per heavy atom. The third-order valence-corrected chi connectivity index (χ3v) is 3.22. The molecule has 94 valence electrons. The molecule has 0 aliphatic rings. The molecule has 0 spiro atoms. The molecule has 2 aromatic rings. The number of hydrogen-bond acceptors (Lipinski definition) is 4. The second-order valence-corrected chi connectivity index (χ2v) is 4.44. The molecule has 0 aliphatic carbocycles. The Morgan fingerprint density at radius 2 is 2.28 bits per heavy atom. The first-order valence-corrected chi connectivity index (χ1v) is 6.03. The average Bonchev–Trinajstić information content (AvgIpc) is 2.37. The van der Waals surface area contributed by atoms with Crippen LogP contribution in [0.1, 0.15) is 0 Å². The SMILES string of the molecule is COc1ccc(F)c(Nc2nc[nH]c(=O)c2I)c1. The standard InChI is InChI=1S/C11H9FIN3O2/c1-18-6-2-3-7(12)8(4-6)16-10-9(13)11(17)15-5-14-10/h2-5H,1H3,(H2,14,15,16,17). The minimum absolute atomic E-state index is 0.199. The fourth-order valence-electron chi connectivity index (χ4n) is 1.32. The zero-order valence-electron chi connectivity index (χ0n) is 9.33. The van der Waals surface area contributed by atoms with Crippen LogP contribution in [0, 0.1) is 9.39 Å². The number of methoxy groups -OCH3 is 1. The molecule has 0 atom stereocenters. The first-order chi connectivity index (χ1) is 8.61. The summed E-state index contributed by atoms with van der Waals surface area (Å²) in [5.41, 5.74) is -0.0817. The van der Waals surface area contributed by atoms with Crippen molar-refractivity contribution in [3.05, 3.63) is 44.3 Å². The third kappa shape index (κ3) is 2.61. The zero-order chi connectivity index (χ0) is 13.1. The first kappa shape index (κ1) is 12.8. The highest BCUT2D eigenvalue weighted by Crippen LogP contribution is 2.24. The summed E-state index contributed by atoms with van der Waals surface area (Å²) in [5.74, 6) is 0.360. The summed E-state index contributed by atoms with van der Waals surface area (Å²) in [7, 11) is 1.49. The molecule has 0 amide bonds. The van der Waals surface area contributed by atoms with E-state index >= 15 is 0 Å². The molecule has 1 aromatic heterocycles. The normalized spacial score (nSPS) is 10.2. The number of halogens is 2. The van der Waals surface area contributed by atoms with Crippen molar-refractivity contribution in [2.75, 3.05) is 12.4 Å². The predicted molar refractivity (Wildman–Crippen MR) is 73.8 cm³/mol. The summed E-state index contributed by atoms with van der Waals surface area (Å²) >= 11 is 1.84. The summed E-state index contributed by atoms with van der Waals surface area (Å²) < 4.78 is 19.0. The quantitative estimate of drug-likeness (QED) is 0.824. The van der Waals surface area contributed by atoms with Crippen LogP contribution in [0.3, 0.4) is 0 Å². The molecule has 7 heteroatoms. The van der Waals surface area contributed by atoms with Gasteiger partial charge in [0.2, 0.25) is 0 Å². The highest BCUT2D eigenvalue weighted by atomic mass is 127. The number of nitrogens with zero attached hydrogens (tertiary/aromatic N) is 1. The molecule has 2 N–H and O–H groups in total. The summed E-state index contributed by atoms with van der Waals surface area (Å²) in [6.07, 6.45) is 1.25. The molecular formula is C11H9FIN3O2. The van der Waals surface area contributed by atoms with Crippen LogP contribution in [0.5, 0.6) is 5.75 Å². The van der Waals surface area contributed by atoms with Crippen LogP contribution in [0.2, 0.25) is 0 Å². The van der Waals surface area contributed by atoms with Gasteiger partial charge in [-0.3, -0.25) is 4.79 Å². The smallest absolute Gasteiger partial charge is 0.266 e. The van der Waals surface area contributed by atoms with Gasteiger partial charge in [-0.25, -0.2) is 9.37 Å². The van der Waals surface area contributed by atoms with E-state index < -0.39 is 5.82 Å². The first-order valence-electron chi connectivity index (χ1n) is 4.95. The monoisotopic (exact) mass is 361 g/mol. The number of ether oxygens (including phenoxy) is 1. The summed E-state index contributed by atoms with van der Waals surface area (Å²) in [6, 6.07) is 4.28. The van der Waals surface area contributed by atoms with Gasteiger partial charge in [0.15, 0.2) is 5.82 Å². The Hall–Kier alpha value is -1.64. The maximum absolute atomic E-state index is 13.6. The van der Waals surface area contributed by atoms with Crippen molar-refractivity contribution in [1.29, 1.82) is 0 Å². The lowest BCUT2D eigenvalue weighted by Gasteiger charge is -2.09. The molecule has 0 aliphatic heterocycles. The van der Waals surface area contributed by atoms with Crippen molar-refractivity contribution in [2.45, 2.75) is 0 Å². The van der Waals surface area contributed by atoms with E-state index in [1.807, 2.05) is 22.6 Å². The number of aromatic amines is 1. The van der Waals surface area contributed by atoms with Crippen LogP contribution in [0.25, 0.3) is 0 Å². The molecule has 1 aromatic carbocycles. The van der Waals surface area contributed by atoms with Crippen molar-refractivity contribution in [3.8, 4) is 5.75 Å². The molecule has 1 heterocycles. The Balaban J connectivity index is 2.39. The van der Waals surface area contributed by atoms with Crippen molar-refractivity contribution < 1.29 is 9.13 Å². The Morgan fingerprint density at radius 3 is 3.00 bits per heavy atom. The molecular weight excluding hydrogens is 352 g/mol. The highest BCUT2D eigenvalue weighted by Gasteiger charge is 2.09. The minimum atomic E-state index is -0.450. The van der Waals surface area contributed by atoms with Crippen LogP contribution < -0.4 is 15.6 Å². The Labute approximate surface area is 116 Å². The average molecular weight is 361 g/mol. The van der Waals surface area contributed by atoms with Gasteiger partial charge in [0.25, 0.3) is 5.56 Å². The molecule has 0 unspecified atom stereocenters. The number of benzene rings is 1. The van der Waals surface area contributed by atoms with Gasteiger partial charge in [-0.05, 0) is 34.7 Å². The predicted octanol–water partition coefficient (Wildman–Crippen LogP) is 2.27. The van der Waals surface area contributed by atoms with Crippen LogP contribution in [0.15, 0.2) is 29.3 Å². The minimum Gasteiger partial charge on any atom is -0.497 e. The lowest BCUT2D eigenvalue weighted by atomic mass is 10.3. The van der Waals surface area contributed by atoms with Crippen LogP contribution in [0.4, 0.5) is 15.9 Å². The van der Waals surface area contributed by atoms with Gasteiger partial charge >= 0.3 is 0 Å². The van der Waals surface area contributed by atoms with Gasteiger partial charge in [-0.1, -0.05) is 0 Å². The summed E-state index contributed by atoms with van der Waals surface area (Å²) in [5, 5.41) is 2.76. The molecule has 0 saturated heterocycles. The van der Waals surface area contributed by atoms with Crippen LogP contribution in [-0.4, -0.2) is 17.1 Å². The fourth-order valence-corrected chi connectivity index (χ4v) is 1.75. The van der Waals surface area contributed by atoms with E-state index in [9.17, 15) is 9.18 Å². The molecule has 5 nitrogen and oxygen atoms in total. The van der Waals surface area contributed by atoms with Crippen LogP contribution >= 0.6 is 22.6 Å². The van der Waals surface area contributed by atoms with E-state index in [1.165, 1.54) is 31.6 Å². The van der Waals surface area contributed by atoms with E-state index in [2.05, 4.69) is 15.3 Å². The van der Waals surface area contributed by atoms with Crippen molar-refractivity contribution in [2.24, 2.45) is 0 Å². The van der Waals surface area contributed by atoms with Crippen LogP contribution in [-0.2, 0) is 0 Å². The van der Waals surface area contributed by atoms with Gasteiger partial charge in [0, 0.05) is 6.07 Å². The number of H-pyrrole nitrogens is 1. The number of nitrogens with one attached hydrogen (secondary N) is 2. The Bertz CT molecular complexity index is 630.